The highest BCUT2D eigenvalue weighted by molar-refractivity contribution is 7.18. The largest absolute Gasteiger partial charge is 0.416 e. The summed E-state index contributed by atoms with van der Waals surface area (Å²) in [5, 5.41) is 0.660. The Kier molecular flexibility index (Phi) is 11.3. The molecule has 0 radical (unpaired) electrons. The summed E-state index contributed by atoms with van der Waals surface area (Å²) in [6.07, 6.45) is -4.12. The molecule has 0 aliphatic heterocycles. The zero-order chi connectivity index (χ0) is 35.3. The van der Waals surface area contributed by atoms with Crippen LogP contribution in [0.4, 0.5) is 22.0 Å². The van der Waals surface area contributed by atoms with Crippen molar-refractivity contribution in [1.82, 2.24) is 19.4 Å². The fourth-order valence-corrected chi connectivity index (χ4v) is 6.62. The smallest absolute Gasteiger partial charge is 0.336 e. The summed E-state index contributed by atoms with van der Waals surface area (Å²) in [6.45, 7) is 8.69. The average molecular weight is 697 g/mol. The van der Waals surface area contributed by atoms with E-state index in [1.54, 1.807) is 16.4 Å². The maximum Gasteiger partial charge on any atom is 0.416 e. The van der Waals surface area contributed by atoms with Crippen molar-refractivity contribution < 1.29 is 26.7 Å². The van der Waals surface area contributed by atoms with Crippen LogP contribution in [0, 0.1) is 18.6 Å². The summed E-state index contributed by atoms with van der Waals surface area (Å²) >= 11 is 1.24. The Morgan fingerprint density at radius 3 is 2.18 bits per heavy atom. The monoisotopic (exact) mass is 696 g/mol. The first-order valence-corrected chi connectivity index (χ1v) is 16.9. The summed E-state index contributed by atoms with van der Waals surface area (Å²) in [5.74, 6) is -2.11. The Morgan fingerprint density at radius 2 is 1.55 bits per heavy atom. The Labute approximate surface area is 285 Å². The third-order valence-corrected chi connectivity index (χ3v) is 9.60. The van der Waals surface area contributed by atoms with Crippen molar-refractivity contribution >= 4 is 27.6 Å². The number of amides is 1. The number of rotatable bonds is 13. The number of hydrogen-bond acceptors (Lipinski definition) is 5. The van der Waals surface area contributed by atoms with Gasteiger partial charge in [0.1, 0.15) is 11.2 Å². The van der Waals surface area contributed by atoms with E-state index >= 15 is 0 Å². The second kappa shape index (κ2) is 15.4. The van der Waals surface area contributed by atoms with Crippen molar-refractivity contribution in [2.24, 2.45) is 0 Å². The van der Waals surface area contributed by atoms with E-state index in [9.17, 15) is 31.5 Å². The van der Waals surface area contributed by atoms with Crippen molar-refractivity contribution in [2.75, 3.05) is 26.2 Å². The molecule has 3 aromatic carbocycles. The standard InChI is InChI=1S/C37H37F5N4O2S/c1-4-44(5-2)19-20-45(22-25-9-11-26(12-10-25)27-13-16-29(17-14-27)37(40,41)42)33(48)23-46-30(18-15-28-7-6-8-31(38)34(28)39)21-32(47)35-36(46)43-24(3)49-35/h6-14,16-17,21H,4-5,15,18-20,22-23H2,1-3H3. The molecule has 0 atom stereocenters. The minimum absolute atomic E-state index is 0.114. The van der Waals surface area contributed by atoms with Crippen LogP contribution in [-0.2, 0) is 36.9 Å². The van der Waals surface area contributed by atoms with Gasteiger partial charge in [-0.3, -0.25) is 9.59 Å². The lowest BCUT2D eigenvalue weighted by Gasteiger charge is -2.28. The summed E-state index contributed by atoms with van der Waals surface area (Å²) in [6, 6.07) is 17.7. The molecule has 0 aliphatic carbocycles. The Bertz CT molecular complexity index is 1970. The summed E-state index contributed by atoms with van der Waals surface area (Å²) < 4.78 is 69.6. The van der Waals surface area contributed by atoms with Gasteiger partial charge >= 0.3 is 6.18 Å². The maximum atomic E-state index is 14.5. The molecule has 5 aromatic rings. The molecule has 0 aliphatic rings. The van der Waals surface area contributed by atoms with Crippen molar-refractivity contribution in [3.63, 3.8) is 0 Å². The fraction of sp³-hybridized carbons (Fsp3) is 0.324. The van der Waals surface area contributed by atoms with Crippen LogP contribution in [0.1, 0.15) is 41.2 Å². The fourth-order valence-electron chi connectivity index (χ4n) is 5.78. The van der Waals surface area contributed by atoms with E-state index in [0.717, 1.165) is 42.4 Å². The lowest BCUT2D eigenvalue weighted by molar-refractivity contribution is -0.137. The number of nitrogens with zero attached hydrogens (tertiary/aromatic N) is 4. The molecule has 258 valence electrons. The Morgan fingerprint density at radius 1 is 0.898 bits per heavy atom. The molecule has 0 unspecified atom stereocenters. The molecule has 2 aromatic heterocycles. The van der Waals surface area contributed by atoms with Gasteiger partial charge in [0.25, 0.3) is 0 Å². The van der Waals surface area contributed by atoms with Gasteiger partial charge in [-0.2, -0.15) is 13.2 Å². The van der Waals surface area contributed by atoms with E-state index in [1.807, 2.05) is 38.1 Å². The number of likely N-dealkylation sites (N-methyl/N-ethyl adjacent to an activating group) is 1. The van der Waals surface area contributed by atoms with Crippen LogP contribution in [-0.4, -0.2) is 51.4 Å². The van der Waals surface area contributed by atoms with Gasteiger partial charge in [0.05, 0.1) is 10.6 Å². The molecule has 2 heterocycles. The number of alkyl halides is 3. The predicted octanol–water partition coefficient (Wildman–Crippen LogP) is 7.89. The van der Waals surface area contributed by atoms with Crippen LogP contribution >= 0.6 is 11.3 Å². The van der Waals surface area contributed by atoms with E-state index < -0.39 is 23.4 Å². The van der Waals surface area contributed by atoms with Crippen molar-refractivity contribution in [3.8, 4) is 11.1 Å². The first-order valence-electron chi connectivity index (χ1n) is 16.1. The highest BCUT2D eigenvalue weighted by atomic mass is 32.1. The summed E-state index contributed by atoms with van der Waals surface area (Å²) in [7, 11) is 0. The first-order chi connectivity index (χ1) is 23.4. The van der Waals surface area contributed by atoms with Gasteiger partial charge in [-0.05, 0) is 73.3 Å². The molecule has 0 spiro atoms. The third-order valence-electron chi connectivity index (χ3n) is 8.62. The molecule has 49 heavy (non-hydrogen) atoms. The topological polar surface area (TPSA) is 58.4 Å². The van der Waals surface area contributed by atoms with Gasteiger partial charge in [0.15, 0.2) is 17.3 Å². The molecule has 5 rings (SSSR count). The molecule has 0 bridgehead atoms. The van der Waals surface area contributed by atoms with E-state index in [0.29, 0.717) is 39.7 Å². The van der Waals surface area contributed by atoms with E-state index in [-0.39, 0.29) is 42.8 Å². The van der Waals surface area contributed by atoms with Gasteiger partial charge in [0.2, 0.25) is 11.3 Å². The molecular formula is C37H37F5N4O2S. The molecule has 1 amide bonds. The van der Waals surface area contributed by atoms with Crippen LogP contribution < -0.4 is 5.43 Å². The van der Waals surface area contributed by atoms with Crippen LogP contribution in [0.25, 0.3) is 21.5 Å². The maximum absolute atomic E-state index is 14.5. The molecule has 12 heteroatoms. The first kappa shape index (κ1) is 35.9. The van der Waals surface area contributed by atoms with Crippen LogP contribution in [0.2, 0.25) is 0 Å². The van der Waals surface area contributed by atoms with Crippen LogP contribution in [0.3, 0.4) is 0 Å². The molecule has 0 saturated carbocycles. The number of benzene rings is 3. The number of halogens is 5. The van der Waals surface area contributed by atoms with Gasteiger partial charge in [-0.15, -0.1) is 11.3 Å². The second-order valence-electron chi connectivity index (χ2n) is 11.8. The van der Waals surface area contributed by atoms with Gasteiger partial charge in [-0.25, -0.2) is 13.8 Å². The normalized spacial score (nSPS) is 11.9. The number of aromatic nitrogens is 2. The van der Waals surface area contributed by atoms with Crippen LogP contribution in [0.15, 0.2) is 77.6 Å². The number of pyridine rings is 1. The minimum atomic E-state index is -4.41. The molecule has 0 saturated heterocycles. The van der Waals surface area contributed by atoms with Gasteiger partial charge in [-0.1, -0.05) is 62.4 Å². The average Bonchev–Trinajstić information content (AvgIpc) is 3.48. The molecule has 0 N–H and O–H groups in total. The zero-order valence-electron chi connectivity index (χ0n) is 27.5. The van der Waals surface area contributed by atoms with Gasteiger partial charge < -0.3 is 14.4 Å². The van der Waals surface area contributed by atoms with E-state index in [2.05, 4.69) is 9.88 Å². The number of thiazole rings is 1. The van der Waals surface area contributed by atoms with Gasteiger partial charge in [0, 0.05) is 31.4 Å². The highest BCUT2D eigenvalue weighted by Crippen LogP contribution is 2.31. The number of fused-ring (bicyclic) bond motifs is 1. The Hall–Kier alpha value is -4.42. The lowest BCUT2D eigenvalue weighted by Crippen LogP contribution is -2.40. The van der Waals surface area contributed by atoms with E-state index in [1.165, 1.54) is 41.7 Å². The predicted molar refractivity (Wildman–Crippen MR) is 182 cm³/mol. The number of carbonyl (C=O) groups is 1. The van der Waals surface area contributed by atoms with Crippen molar-refractivity contribution in [1.29, 1.82) is 0 Å². The number of hydrogen-bond donors (Lipinski definition) is 0. The minimum Gasteiger partial charge on any atom is -0.336 e. The third kappa shape index (κ3) is 8.60. The molecule has 6 nitrogen and oxygen atoms in total. The Balaban J connectivity index is 1.42. The SMILES string of the molecule is CCN(CC)CCN(Cc1ccc(-c2ccc(C(F)(F)F)cc2)cc1)C(=O)Cn1c(CCc2cccc(F)c2F)cc(=O)c2sc(C)nc21. The lowest BCUT2D eigenvalue weighted by atomic mass is 10.0. The number of carbonyl (C=O) groups excluding carboxylic acids is 1. The number of aryl methyl sites for hydroxylation is 3. The highest BCUT2D eigenvalue weighted by Gasteiger charge is 2.30. The molecular weight excluding hydrogens is 659 g/mol. The van der Waals surface area contributed by atoms with Crippen molar-refractivity contribution in [3.05, 3.63) is 122 Å². The zero-order valence-corrected chi connectivity index (χ0v) is 28.3. The summed E-state index contributed by atoms with van der Waals surface area (Å²) in [5.41, 5.74) is 2.29. The van der Waals surface area contributed by atoms with Crippen LogP contribution in [0.5, 0.6) is 0 Å². The van der Waals surface area contributed by atoms with Crippen molar-refractivity contribution in [2.45, 2.75) is 52.9 Å². The summed E-state index contributed by atoms with van der Waals surface area (Å²) in [4.78, 5) is 35.7. The quantitative estimate of drug-likeness (QED) is 0.118. The molecule has 0 fully saturated rings. The van der Waals surface area contributed by atoms with E-state index in [4.69, 9.17) is 0 Å². The second-order valence-corrected chi connectivity index (χ2v) is 13.0.